The van der Waals surface area contributed by atoms with Gasteiger partial charge >= 0.3 is 0 Å². The fraction of sp³-hybridized carbons (Fsp3) is 0.0556. The lowest BCUT2D eigenvalue weighted by Gasteiger charge is -2.09. The zero-order valence-electron chi connectivity index (χ0n) is 13.3. The molecule has 2 aromatic carbocycles. The molecule has 5 nitrogen and oxygen atoms in total. The van der Waals surface area contributed by atoms with E-state index in [0.29, 0.717) is 17.3 Å². The first-order chi connectivity index (χ1) is 12.0. The number of halogens is 2. The van der Waals surface area contributed by atoms with Gasteiger partial charge in [-0.25, -0.2) is 14.4 Å². The fourth-order valence-corrected chi connectivity index (χ4v) is 2.34. The topological polar surface area (TPSA) is 66.9 Å². The van der Waals surface area contributed by atoms with Crippen LogP contribution in [-0.2, 0) is 0 Å². The molecule has 126 valence electrons. The van der Waals surface area contributed by atoms with Crippen LogP contribution in [0.15, 0.2) is 54.6 Å². The van der Waals surface area contributed by atoms with Gasteiger partial charge in [0.1, 0.15) is 11.5 Å². The molecule has 0 aliphatic carbocycles. The summed E-state index contributed by atoms with van der Waals surface area (Å²) < 4.78 is 13.2. The molecular weight excluding hydrogens is 343 g/mol. The third-order valence-electron chi connectivity index (χ3n) is 3.29. The van der Waals surface area contributed by atoms with E-state index < -0.39 is 11.7 Å². The highest BCUT2D eigenvalue weighted by molar-refractivity contribution is 6.31. The van der Waals surface area contributed by atoms with Crippen molar-refractivity contribution >= 4 is 34.8 Å². The van der Waals surface area contributed by atoms with Crippen molar-refractivity contribution in [1.29, 1.82) is 0 Å². The summed E-state index contributed by atoms with van der Waals surface area (Å²) in [5.74, 6) is -0.676. The fourth-order valence-electron chi connectivity index (χ4n) is 2.16. The summed E-state index contributed by atoms with van der Waals surface area (Å²) in [6.45, 7) is 1.77. The average Bonchev–Trinajstić information content (AvgIpc) is 2.58. The van der Waals surface area contributed by atoms with Crippen molar-refractivity contribution in [3.63, 3.8) is 0 Å². The summed E-state index contributed by atoms with van der Waals surface area (Å²) in [4.78, 5) is 20.9. The van der Waals surface area contributed by atoms with E-state index in [1.807, 2.05) is 30.3 Å². The van der Waals surface area contributed by atoms with Crippen LogP contribution < -0.4 is 10.6 Å². The van der Waals surface area contributed by atoms with Crippen LogP contribution in [0.25, 0.3) is 0 Å². The molecule has 3 rings (SSSR count). The number of carbonyl (C=O) groups excluding carboxylic acids is 1. The molecule has 3 aromatic rings. The van der Waals surface area contributed by atoms with Crippen LogP contribution in [0.4, 0.5) is 21.7 Å². The van der Waals surface area contributed by atoms with Crippen molar-refractivity contribution in [3.8, 4) is 0 Å². The quantitative estimate of drug-likeness (QED) is 0.718. The molecule has 1 aromatic heterocycles. The molecule has 1 heterocycles. The zero-order valence-corrected chi connectivity index (χ0v) is 14.0. The van der Waals surface area contributed by atoms with Crippen LogP contribution in [0.3, 0.4) is 0 Å². The van der Waals surface area contributed by atoms with Crippen LogP contribution in [0.5, 0.6) is 0 Å². The summed E-state index contributed by atoms with van der Waals surface area (Å²) in [6, 6.07) is 14.9. The molecule has 0 radical (unpaired) electrons. The largest absolute Gasteiger partial charge is 0.324 e. The summed E-state index contributed by atoms with van der Waals surface area (Å²) in [5, 5.41) is 5.62. The van der Waals surface area contributed by atoms with Crippen molar-refractivity contribution in [2.75, 3.05) is 10.6 Å². The number of nitrogens with zero attached hydrogens (tertiary/aromatic N) is 2. The van der Waals surface area contributed by atoms with Crippen LogP contribution in [0.1, 0.15) is 16.2 Å². The standard InChI is InChI=1S/C18H14ClFN4O/c1-11-9-16(17(25)22-13-7-8-15(20)14(19)10-13)24-18(21-11)23-12-5-3-2-4-6-12/h2-10H,1H3,(H,22,25)(H,21,23,24). The molecule has 0 aliphatic heterocycles. The van der Waals surface area contributed by atoms with Crippen LogP contribution in [-0.4, -0.2) is 15.9 Å². The molecule has 0 saturated carbocycles. The number of hydrogen-bond donors (Lipinski definition) is 2. The minimum atomic E-state index is -0.549. The van der Waals surface area contributed by atoms with E-state index in [9.17, 15) is 9.18 Å². The molecule has 0 bridgehead atoms. The van der Waals surface area contributed by atoms with Gasteiger partial charge in [0.05, 0.1) is 5.02 Å². The lowest BCUT2D eigenvalue weighted by molar-refractivity contribution is 0.102. The Kier molecular flexibility index (Phi) is 4.90. The van der Waals surface area contributed by atoms with Gasteiger partial charge in [0.15, 0.2) is 0 Å². The minimum Gasteiger partial charge on any atom is -0.324 e. The van der Waals surface area contributed by atoms with Crippen molar-refractivity contribution in [3.05, 3.63) is 76.8 Å². The molecule has 0 spiro atoms. The Morgan fingerprint density at radius 2 is 1.80 bits per heavy atom. The number of aryl methyl sites for hydroxylation is 1. The lowest BCUT2D eigenvalue weighted by Crippen LogP contribution is -2.15. The predicted molar refractivity (Wildman–Crippen MR) is 95.9 cm³/mol. The van der Waals surface area contributed by atoms with Gasteiger partial charge < -0.3 is 10.6 Å². The van der Waals surface area contributed by atoms with Crippen molar-refractivity contribution in [1.82, 2.24) is 9.97 Å². The van der Waals surface area contributed by atoms with Crippen LogP contribution in [0.2, 0.25) is 5.02 Å². The molecule has 0 fully saturated rings. The number of hydrogen-bond acceptors (Lipinski definition) is 4. The SMILES string of the molecule is Cc1cc(C(=O)Nc2ccc(F)c(Cl)c2)nc(Nc2ccccc2)n1. The second kappa shape index (κ2) is 7.27. The van der Waals surface area contributed by atoms with E-state index in [0.717, 1.165) is 5.69 Å². The maximum atomic E-state index is 13.2. The van der Waals surface area contributed by atoms with Gasteiger partial charge in [0, 0.05) is 17.1 Å². The minimum absolute atomic E-state index is 0.0666. The number of nitrogens with one attached hydrogen (secondary N) is 2. The van der Waals surface area contributed by atoms with Crippen molar-refractivity contribution in [2.24, 2.45) is 0 Å². The molecule has 0 unspecified atom stereocenters. The summed E-state index contributed by atoms with van der Waals surface area (Å²) in [7, 11) is 0. The van der Waals surface area contributed by atoms with Crippen molar-refractivity contribution < 1.29 is 9.18 Å². The second-order valence-corrected chi connectivity index (χ2v) is 5.70. The third kappa shape index (κ3) is 4.30. The zero-order chi connectivity index (χ0) is 17.8. The number of rotatable bonds is 4. The maximum Gasteiger partial charge on any atom is 0.274 e. The van der Waals surface area contributed by atoms with E-state index in [4.69, 9.17) is 11.6 Å². The Morgan fingerprint density at radius 3 is 2.52 bits per heavy atom. The maximum absolute atomic E-state index is 13.2. The Balaban J connectivity index is 1.81. The molecule has 0 atom stereocenters. The summed E-state index contributed by atoms with van der Waals surface area (Å²) >= 11 is 5.72. The molecule has 0 aliphatic rings. The van der Waals surface area contributed by atoms with E-state index >= 15 is 0 Å². The van der Waals surface area contributed by atoms with Gasteiger partial charge in [-0.15, -0.1) is 0 Å². The van der Waals surface area contributed by atoms with E-state index in [1.54, 1.807) is 13.0 Å². The lowest BCUT2D eigenvalue weighted by atomic mass is 10.2. The highest BCUT2D eigenvalue weighted by atomic mass is 35.5. The molecule has 0 saturated heterocycles. The number of carbonyl (C=O) groups is 1. The molecule has 1 amide bonds. The Hall–Kier alpha value is -2.99. The predicted octanol–water partition coefficient (Wildman–Crippen LogP) is 4.57. The average molecular weight is 357 g/mol. The highest BCUT2D eigenvalue weighted by Crippen LogP contribution is 2.20. The van der Waals surface area contributed by atoms with Gasteiger partial charge in [-0.1, -0.05) is 29.8 Å². The van der Waals surface area contributed by atoms with E-state index in [-0.39, 0.29) is 10.7 Å². The molecule has 25 heavy (non-hydrogen) atoms. The molecule has 2 N–H and O–H groups in total. The number of para-hydroxylation sites is 1. The molecular formula is C18H14ClFN4O. The van der Waals surface area contributed by atoms with Crippen molar-refractivity contribution in [2.45, 2.75) is 6.92 Å². The Morgan fingerprint density at radius 1 is 1.04 bits per heavy atom. The first kappa shape index (κ1) is 16.9. The number of benzene rings is 2. The number of anilines is 3. The summed E-state index contributed by atoms with van der Waals surface area (Å²) in [5.41, 5.74) is 2.01. The van der Waals surface area contributed by atoms with Gasteiger partial charge in [0.25, 0.3) is 5.91 Å². The van der Waals surface area contributed by atoms with Crippen LogP contribution >= 0.6 is 11.6 Å². The van der Waals surface area contributed by atoms with Gasteiger partial charge in [0.2, 0.25) is 5.95 Å². The highest BCUT2D eigenvalue weighted by Gasteiger charge is 2.12. The number of amides is 1. The van der Waals surface area contributed by atoms with E-state index in [2.05, 4.69) is 20.6 Å². The monoisotopic (exact) mass is 356 g/mol. The smallest absolute Gasteiger partial charge is 0.274 e. The molecule has 7 heteroatoms. The van der Waals surface area contributed by atoms with Gasteiger partial charge in [-0.2, -0.15) is 0 Å². The Labute approximate surface area is 148 Å². The summed E-state index contributed by atoms with van der Waals surface area (Å²) in [6.07, 6.45) is 0. The number of aromatic nitrogens is 2. The first-order valence-electron chi connectivity index (χ1n) is 7.45. The van der Waals surface area contributed by atoms with Gasteiger partial charge in [-0.05, 0) is 43.3 Å². The normalized spacial score (nSPS) is 10.4. The second-order valence-electron chi connectivity index (χ2n) is 5.29. The van der Waals surface area contributed by atoms with Crippen LogP contribution in [0, 0.1) is 12.7 Å². The third-order valence-corrected chi connectivity index (χ3v) is 3.58. The Bertz CT molecular complexity index is 918. The van der Waals surface area contributed by atoms with E-state index in [1.165, 1.54) is 18.2 Å². The van der Waals surface area contributed by atoms with Gasteiger partial charge in [-0.3, -0.25) is 4.79 Å². The first-order valence-corrected chi connectivity index (χ1v) is 7.83.